The molecule has 8 heteroatoms. The number of rotatable bonds is 8. The summed E-state index contributed by atoms with van der Waals surface area (Å²) < 4.78 is 0. The maximum absolute atomic E-state index is 13.7. The van der Waals surface area contributed by atoms with Crippen LogP contribution in [0.5, 0.6) is 5.75 Å². The highest BCUT2D eigenvalue weighted by atomic mass is 35.5. The Labute approximate surface area is 215 Å². The highest BCUT2D eigenvalue weighted by molar-refractivity contribution is 6.30. The van der Waals surface area contributed by atoms with Gasteiger partial charge in [-0.05, 0) is 60.4 Å². The molecule has 3 aromatic carbocycles. The highest BCUT2D eigenvalue weighted by Crippen LogP contribution is 2.44. The predicted octanol–water partition coefficient (Wildman–Crippen LogP) is 3.43. The summed E-state index contributed by atoms with van der Waals surface area (Å²) in [5, 5.41) is 33.6. The molecular formula is C28H29ClN2O5. The zero-order valence-electron chi connectivity index (χ0n) is 19.8. The molecule has 0 bridgehead atoms. The molecule has 1 aliphatic rings. The van der Waals surface area contributed by atoms with Crippen molar-refractivity contribution in [1.29, 1.82) is 0 Å². The first-order valence-electron chi connectivity index (χ1n) is 11.8. The van der Waals surface area contributed by atoms with E-state index < -0.39 is 30.7 Å². The Balaban J connectivity index is 1.74. The summed E-state index contributed by atoms with van der Waals surface area (Å²) in [5.74, 6) is -1.25. The standard InChI is InChI=1S/C28H29ClN2O5/c1-17(33)24(16-32)31-26(19-8-10-20(29)11-9-19)25(22-4-2-3-5-23(22)28(31)36)27(35)30-15-14-18-6-12-21(34)13-7-18/h2-13,17,24-26,32-34H,14-16H2,1H3,(H,30,35)/t17-,24-,25+,26-/m0/s1. The molecule has 3 aromatic rings. The first kappa shape index (κ1) is 25.7. The molecule has 0 spiro atoms. The van der Waals surface area contributed by atoms with Gasteiger partial charge in [-0.1, -0.05) is 54.1 Å². The van der Waals surface area contributed by atoms with E-state index in [2.05, 4.69) is 5.32 Å². The summed E-state index contributed by atoms with van der Waals surface area (Å²) in [7, 11) is 0. The molecule has 0 radical (unpaired) electrons. The van der Waals surface area contributed by atoms with Crippen LogP contribution in [-0.4, -0.2) is 57.3 Å². The van der Waals surface area contributed by atoms with Crippen molar-refractivity contribution >= 4 is 23.4 Å². The fourth-order valence-corrected chi connectivity index (χ4v) is 4.92. The van der Waals surface area contributed by atoms with E-state index >= 15 is 0 Å². The Morgan fingerprint density at radius 3 is 2.36 bits per heavy atom. The summed E-state index contributed by atoms with van der Waals surface area (Å²) in [4.78, 5) is 28.9. The molecule has 0 aliphatic carbocycles. The third kappa shape index (κ3) is 5.23. The van der Waals surface area contributed by atoms with Crippen molar-refractivity contribution in [2.24, 2.45) is 0 Å². The molecule has 4 N–H and O–H groups in total. The van der Waals surface area contributed by atoms with Gasteiger partial charge in [0.15, 0.2) is 0 Å². The molecule has 1 heterocycles. The van der Waals surface area contributed by atoms with Crippen LogP contribution in [0.25, 0.3) is 0 Å². The van der Waals surface area contributed by atoms with Crippen molar-refractivity contribution in [3.63, 3.8) is 0 Å². The Hall–Kier alpha value is -3.39. The van der Waals surface area contributed by atoms with Crippen molar-refractivity contribution in [2.45, 2.75) is 37.5 Å². The van der Waals surface area contributed by atoms with Crippen molar-refractivity contribution in [3.05, 3.63) is 100 Å². The number of nitrogens with one attached hydrogen (secondary N) is 1. The molecule has 2 amide bonds. The van der Waals surface area contributed by atoms with Crippen LogP contribution in [0, 0.1) is 0 Å². The number of aliphatic hydroxyl groups excluding tert-OH is 2. The van der Waals surface area contributed by atoms with E-state index in [0.717, 1.165) is 5.56 Å². The van der Waals surface area contributed by atoms with E-state index in [1.165, 1.54) is 11.8 Å². The smallest absolute Gasteiger partial charge is 0.255 e. The van der Waals surface area contributed by atoms with Gasteiger partial charge in [-0.2, -0.15) is 0 Å². The number of aliphatic hydroxyl groups is 2. The summed E-state index contributed by atoms with van der Waals surface area (Å²) in [6.07, 6.45) is -0.473. The Kier molecular flexibility index (Phi) is 7.94. The van der Waals surface area contributed by atoms with Gasteiger partial charge < -0.3 is 25.5 Å². The van der Waals surface area contributed by atoms with Crippen LogP contribution in [-0.2, 0) is 11.2 Å². The second-order valence-electron chi connectivity index (χ2n) is 8.97. The van der Waals surface area contributed by atoms with Crippen molar-refractivity contribution in [3.8, 4) is 5.75 Å². The Morgan fingerprint density at radius 2 is 1.72 bits per heavy atom. The molecule has 0 saturated carbocycles. The van der Waals surface area contributed by atoms with E-state index in [-0.39, 0.29) is 17.6 Å². The lowest BCUT2D eigenvalue weighted by molar-refractivity contribution is -0.125. The van der Waals surface area contributed by atoms with Gasteiger partial charge in [0, 0.05) is 17.1 Å². The fourth-order valence-electron chi connectivity index (χ4n) is 4.79. The van der Waals surface area contributed by atoms with E-state index in [0.29, 0.717) is 34.7 Å². The van der Waals surface area contributed by atoms with Gasteiger partial charge in [0.2, 0.25) is 5.91 Å². The number of amides is 2. The van der Waals surface area contributed by atoms with Crippen molar-refractivity contribution in [1.82, 2.24) is 10.2 Å². The number of fused-ring (bicyclic) bond motifs is 1. The quantitative estimate of drug-likeness (QED) is 0.372. The SMILES string of the molecule is C[C@H](O)[C@H](CO)N1C(=O)c2ccccc2[C@@H](C(=O)NCCc2ccc(O)cc2)[C@@H]1c1ccc(Cl)cc1. The maximum atomic E-state index is 13.7. The summed E-state index contributed by atoms with van der Waals surface area (Å²) in [5.41, 5.74) is 2.57. The number of hydrogen-bond acceptors (Lipinski definition) is 5. The number of aromatic hydroxyl groups is 1. The van der Waals surface area contributed by atoms with Crippen LogP contribution in [0.1, 0.15) is 45.9 Å². The van der Waals surface area contributed by atoms with Gasteiger partial charge in [-0.15, -0.1) is 0 Å². The minimum atomic E-state index is -1.03. The van der Waals surface area contributed by atoms with Gasteiger partial charge in [-0.3, -0.25) is 9.59 Å². The molecule has 0 aromatic heterocycles. The number of hydrogen-bond donors (Lipinski definition) is 4. The number of phenols is 1. The maximum Gasteiger partial charge on any atom is 0.255 e. The summed E-state index contributed by atoms with van der Waals surface area (Å²) in [6.45, 7) is 1.40. The number of carbonyl (C=O) groups is 2. The molecule has 0 unspecified atom stereocenters. The van der Waals surface area contributed by atoms with Gasteiger partial charge in [-0.25, -0.2) is 0 Å². The van der Waals surface area contributed by atoms with E-state index in [1.54, 1.807) is 72.8 Å². The van der Waals surface area contributed by atoms with Crippen LogP contribution in [0.2, 0.25) is 5.02 Å². The number of nitrogens with zero attached hydrogens (tertiary/aromatic N) is 1. The third-order valence-corrected chi connectivity index (χ3v) is 6.87. The minimum absolute atomic E-state index is 0.175. The molecule has 0 fully saturated rings. The second kappa shape index (κ2) is 11.1. The second-order valence-corrected chi connectivity index (χ2v) is 9.41. The molecular weight excluding hydrogens is 480 g/mol. The lowest BCUT2D eigenvalue weighted by Gasteiger charge is -2.46. The van der Waals surface area contributed by atoms with Gasteiger partial charge in [0.1, 0.15) is 5.75 Å². The van der Waals surface area contributed by atoms with Crippen LogP contribution in [0.3, 0.4) is 0 Å². The molecule has 0 saturated heterocycles. The lowest BCUT2D eigenvalue weighted by atomic mass is 9.78. The highest BCUT2D eigenvalue weighted by Gasteiger charge is 2.47. The van der Waals surface area contributed by atoms with Crippen LogP contribution >= 0.6 is 11.6 Å². The Bertz CT molecular complexity index is 1210. The number of halogens is 1. The number of phenolic OH excluding ortho intramolecular Hbond substituents is 1. The van der Waals surface area contributed by atoms with E-state index in [9.17, 15) is 24.9 Å². The summed E-state index contributed by atoms with van der Waals surface area (Å²) >= 11 is 6.12. The van der Waals surface area contributed by atoms with Crippen LogP contribution < -0.4 is 5.32 Å². The zero-order valence-corrected chi connectivity index (χ0v) is 20.6. The molecule has 36 heavy (non-hydrogen) atoms. The average molecular weight is 509 g/mol. The normalized spacial score (nSPS) is 18.9. The number of carbonyl (C=O) groups excluding carboxylic acids is 2. The van der Waals surface area contributed by atoms with Gasteiger partial charge in [0.25, 0.3) is 5.91 Å². The first-order valence-corrected chi connectivity index (χ1v) is 12.2. The first-order chi connectivity index (χ1) is 17.3. The van der Waals surface area contributed by atoms with Crippen LogP contribution in [0.15, 0.2) is 72.8 Å². The largest absolute Gasteiger partial charge is 0.508 e. The van der Waals surface area contributed by atoms with Gasteiger partial charge in [0.05, 0.1) is 30.7 Å². The average Bonchev–Trinajstić information content (AvgIpc) is 2.87. The van der Waals surface area contributed by atoms with E-state index in [4.69, 9.17) is 11.6 Å². The fraction of sp³-hybridized carbons (Fsp3) is 0.286. The molecule has 1 aliphatic heterocycles. The molecule has 7 nitrogen and oxygen atoms in total. The van der Waals surface area contributed by atoms with Crippen molar-refractivity contribution < 1.29 is 24.9 Å². The van der Waals surface area contributed by atoms with E-state index in [1.807, 2.05) is 0 Å². The molecule has 4 rings (SSSR count). The topological polar surface area (TPSA) is 110 Å². The summed E-state index contributed by atoms with van der Waals surface area (Å²) in [6, 6.07) is 18.9. The Morgan fingerprint density at radius 1 is 1.06 bits per heavy atom. The molecule has 4 atom stereocenters. The lowest BCUT2D eigenvalue weighted by Crippen LogP contribution is -2.55. The monoisotopic (exact) mass is 508 g/mol. The van der Waals surface area contributed by atoms with Crippen LogP contribution in [0.4, 0.5) is 0 Å². The van der Waals surface area contributed by atoms with Gasteiger partial charge >= 0.3 is 0 Å². The molecule has 188 valence electrons. The van der Waals surface area contributed by atoms with Crippen molar-refractivity contribution in [2.75, 3.05) is 13.2 Å². The zero-order chi connectivity index (χ0) is 25.8. The predicted molar refractivity (Wildman–Crippen MR) is 137 cm³/mol. The minimum Gasteiger partial charge on any atom is -0.508 e. The number of benzene rings is 3. The third-order valence-electron chi connectivity index (χ3n) is 6.62.